The van der Waals surface area contributed by atoms with Crippen LogP contribution in [0.5, 0.6) is 0 Å². The molecule has 6 nitrogen and oxygen atoms in total. The second-order valence-electron chi connectivity index (χ2n) is 2.85. The van der Waals surface area contributed by atoms with Crippen molar-refractivity contribution in [2.24, 2.45) is 5.73 Å². The van der Waals surface area contributed by atoms with Crippen molar-refractivity contribution in [1.82, 2.24) is 15.2 Å². The Labute approximate surface area is 78.8 Å². The van der Waals surface area contributed by atoms with Gasteiger partial charge >= 0.3 is 5.97 Å². The Morgan fingerprint density at radius 1 is 1.64 bits per heavy atom. The van der Waals surface area contributed by atoms with Crippen LogP contribution in [0.4, 0.5) is 0 Å². The summed E-state index contributed by atoms with van der Waals surface area (Å²) < 4.78 is 0. The fourth-order valence-corrected chi connectivity index (χ4v) is 1.24. The van der Waals surface area contributed by atoms with Crippen molar-refractivity contribution in [3.63, 3.8) is 0 Å². The van der Waals surface area contributed by atoms with E-state index in [9.17, 15) is 4.79 Å². The van der Waals surface area contributed by atoms with Gasteiger partial charge in [-0.2, -0.15) is 5.10 Å². The molecule has 0 fully saturated rings. The smallest absolute Gasteiger partial charge is 0.326 e. The third-order valence-corrected chi connectivity index (χ3v) is 1.96. The van der Waals surface area contributed by atoms with Crippen molar-refractivity contribution < 1.29 is 9.90 Å². The molecule has 0 amide bonds. The van der Waals surface area contributed by atoms with Crippen molar-refractivity contribution in [3.05, 3.63) is 24.2 Å². The van der Waals surface area contributed by atoms with Gasteiger partial charge in [-0.05, 0) is 6.07 Å². The quantitative estimate of drug-likeness (QED) is 0.623. The number of hydrogen-bond acceptors (Lipinski definition) is 4. The molecule has 2 aromatic heterocycles. The summed E-state index contributed by atoms with van der Waals surface area (Å²) in [5, 5.41) is 15.9. The van der Waals surface area contributed by atoms with E-state index in [1.807, 2.05) is 0 Å². The minimum absolute atomic E-state index is 0.398. The number of carboxylic acid groups (broad SMARTS) is 1. The number of pyridine rings is 1. The van der Waals surface area contributed by atoms with Gasteiger partial charge in [0.1, 0.15) is 11.6 Å². The Balaban J connectivity index is 2.58. The highest BCUT2D eigenvalue weighted by Gasteiger charge is 2.19. The molecule has 1 unspecified atom stereocenters. The van der Waals surface area contributed by atoms with Gasteiger partial charge in [0, 0.05) is 11.6 Å². The van der Waals surface area contributed by atoms with E-state index in [0.717, 1.165) is 0 Å². The monoisotopic (exact) mass is 192 g/mol. The third kappa shape index (κ3) is 1.21. The lowest BCUT2D eigenvalue weighted by Gasteiger charge is -2.02. The van der Waals surface area contributed by atoms with Gasteiger partial charge in [0.05, 0.1) is 11.9 Å². The van der Waals surface area contributed by atoms with Gasteiger partial charge in [0.15, 0.2) is 0 Å². The first-order chi connectivity index (χ1) is 6.70. The van der Waals surface area contributed by atoms with E-state index < -0.39 is 12.0 Å². The normalized spacial score (nSPS) is 12.9. The zero-order valence-electron chi connectivity index (χ0n) is 7.14. The summed E-state index contributed by atoms with van der Waals surface area (Å²) in [4.78, 5) is 14.5. The van der Waals surface area contributed by atoms with Crippen LogP contribution in [0.15, 0.2) is 18.5 Å². The lowest BCUT2D eigenvalue weighted by atomic mass is 10.1. The molecule has 0 bridgehead atoms. The van der Waals surface area contributed by atoms with Crippen molar-refractivity contribution in [2.75, 3.05) is 0 Å². The number of fused-ring (bicyclic) bond motifs is 1. The molecular weight excluding hydrogens is 184 g/mol. The van der Waals surface area contributed by atoms with Gasteiger partial charge in [-0.25, -0.2) is 0 Å². The summed E-state index contributed by atoms with van der Waals surface area (Å²) in [6.45, 7) is 0. The number of nitrogens with zero attached hydrogens (tertiary/aromatic N) is 2. The minimum atomic E-state index is -1.09. The van der Waals surface area contributed by atoms with Crippen molar-refractivity contribution in [1.29, 1.82) is 0 Å². The van der Waals surface area contributed by atoms with Gasteiger partial charge in [-0.15, -0.1) is 0 Å². The number of carbonyl (C=O) groups is 1. The predicted octanol–water partition coefficient (Wildman–Crippen LogP) is 0.0423. The number of aliphatic carboxylic acids is 1. The molecule has 14 heavy (non-hydrogen) atoms. The van der Waals surface area contributed by atoms with E-state index in [-0.39, 0.29) is 0 Å². The average Bonchev–Trinajstić information content (AvgIpc) is 2.60. The molecule has 0 aliphatic rings. The number of carboxylic acids is 1. The first-order valence-electron chi connectivity index (χ1n) is 3.96. The molecule has 72 valence electrons. The highest BCUT2D eigenvalue weighted by atomic mass is 16.4. The predicted molar refractivity (Wildman–Crippen MR) is 48.5 cm³/mol. The van der Waals surface area contributed by atoms with Crippen LogP contribution in [-0.4, -0.2) is 26.3 Å². The maximum atomic E-state index is 10.7. The van der Waals surface area contributed by atoms with Crippen LogP contribution in [0, 0.1) is 0 Å². The number of H-pyrrole nitrogens is 1. The van der Waals surface area contributed by atoms with E-state index in [1.165, 1.54) is 0 Å². The molecule has 0 aliphatic carbocycles. The number of hydrogen-bond donors (Lipinski definition) is 3. The highest BCUT2D eigenvalue weighted by molar-refractivity contribution is 5.86. The summed E-state index contributed by atoms with van der Waals surface area (Å²) in [6.07, 6.45) is 3.11. The molecule has 2 aromatic rings. The van der Waals surface area contributed by atoms with Gasteiger partial charge in [0.2, 0.25) is 0 Å². The largest absolute Gasteiger partial charge is 0.480 e. The van der Waals surface area contributed by atoms with E-state index in [1.54, 1.807) is 18.5 Å². The molecule has 0 aromatic carbocycles. The van der Waals surface area contributed by atoms with E-state index >= 15 is 0 Å². The van der Waals surface area contributed by atoms with Gasteiger partial charge in [0.25, 0.3) is 0 Å². The molecule has 2 rings (SSSR count). The Hall–Kier alpha value is -1.95. The molecule has 4 N–H and O–H groups in total. The zero-order valence-corrected chi connectivity index (χ0v) is 7.14. The second-order valence-corrected chi connectivity index (χ2v) is 2.85. The van der Waals surface area contributed by atoms with Crippen LogP contribution in [0.1, 0.15) is 11.7 Å². The standard InChI is InChI=1S/C8H8N4O2/c9-6(8(13)14)7-4-1-2-10-3-5(4)11-12-7/h1-3,6H,9H2,(H,11,12)(H,13,14). The summed E-state index contributed by atoms with van der Waals surface area (Å²) in [5.74, 6) is -1.09. The lowest BCUT2D eigenvalue weighted by molar-refractivity contribution is -0.138. The molecule has 0 spiro atoms. The third-order valence-electron chi connectivity index (χ3n) is 1.96. The molecule has 0 saturated heterocycles. The van der Waals surface area contributed by atoms with E-state index in [4.69, 9.17) is 10.8 Å². The maximum Gasteiger partial charge on any atom is 0.326 e. The topological polar surface area (TPSA) is 105 Å². The Kier molecular flexibility index (Phi) is 1.90. The van der Waals surface area contributed by atoms with E-state index in [0.29, 0.717) is 16.6 Å². The Bertz CT molecular complexity index is 479. The van der Waals surface area contributed by atoms with Gasteiger partial charge in [-0.3, -0.25) is 14.9 Å². The summed E-state index contributed by atoms with van der Waals surface area (Å²) in [7, 11) is 0. The maximum absolute atomic E-state index is 10.7. The molecule has 1 atom stereocenters. The lowest BCUT2D eigenvalue weighted by Crippen LogP contribution is -2.21. The first kappa shape index (κ1) is 8.64. The molecular formula is C8H8N4O2. The van der Waals surface area contributed by atoms with Crippen molar-refractivity contribution >= 4 is 16.9 Å². The number of rotatable bonds is 2. The van der Waals surface area contributed by atoms with Crippen LogP contribution in [0.25, 0.3) is 10.9 Å². The molecule has 0 radical (unpaired) electrons. The van der Waals surface area contributed by atoms with Crippen molar-refractivity contribution in [3.8, 4) is 0 Å². The molecule has 0 aliphatic heterocycles. The summed E-state index contributed by atoms with van der Waals surface area (Å²) in [5.41, 5.74) is 6.47. The summed E-state index contributed by atoms with van der Waals surface area (Å²) >= 11 is 0. The number of aromatic amines is 1. The number of aromatic nitrogens is 3. The zero-order chi connectivity index (χ0) is 10.1. The number of nitrogens with one attached hydrogen (secondary N) is 1. The fourth-order valence-electron chi connectivity index (χ4n) is 1.24. The Morgan fingerprint density at radius 2 is 2.43 bits per heavy atom. The first-order valence-corrected chi connectivity index (χ1v) is 3.96. The Morgan fingerprint density at radius 3 is 3.14 bits per heavy atom. The van der Waals surface area contributed by atoms with Crippen LogP contribution in [0.3, 0.4) is 0 Å². The van der Waals surface area contributed by atoms with Crippen LogP contribution in [-0.2, 0) is 4.79 Å². The number of nitrogens with two attached hydrogens (primary N) is 1. The van der Waals surface area contributed by atoms with Crippen molar-refractivity contribution in [2.45, 2.75) is 6.04 Å². The van der Waals surface area contributed by atoms with Crippen LogP contribution < -0.4 is 5.73 Å². The van der Waals surface area contributed by atoms with Gasteiger partial charge < -0.3 is 10.8 Å². The SMILES string of the molecule is NC(C(=O)O)c1[nH]nc2cnccc12. The van der Waals surface area contributed by atoms with E-state index in [2.05, 4.69) is 15.2 Å². The molecule has 0 saturated carbocycles. The minimum Gasteiger partial charge on any atom is -0.480 e. The summed E-state index contributed by atoms with van der Waals surface area (Å²) in [6, 6.07) is 0.596. The van der Waals surface area contributed by atoms with Gasteiger partial charge in [-0.1, -0.05) is 0 Å². The second kappa shape index (κ2) is 3.08. The van der Waals surface area contributed by atoms with Crippen LogP contribution >= 0.6 is 0 Å². The average molecular weight is 192 g/mol. The highest BCUT2D eigenvalue weighted by Crippen LogP contribution is 2.18. The molecule has 2 heterocycles. The van der Waals surface area contributed by atoms with Crippen LogP contribution in [0.2, 0.25) is 0 Å². The molecule has 6 heteroatoms. The fraction of sp³-hybridized carbons (Fsp3) is 0.125.